The highest BCUT2D eigenvalue weighted by Gasteiger charge is 2.29. The monoisotopic (exact) mass is 526 g/mol. The number of carbonyl (C=O) groups is 2. The minimum absolute atomic E-state index is 0.0180. The zero-order valence-electron chi connectivity index (χ0n) is 19.8. The van der Waals surface area contributed by atoms with Crippen LogP contribution in [0.5, 0.6) is 0 Å². The number of halogens is 2. The lowest BCUT2D eigenvalue weighted by molar-refractivity contribution is 0.103. The number of fused-ring (bicyclic) bond motifs is 4. The lowest BCUT2D eigenvalue weighted by Crippen LogP contribution is -2.11. The van der Waals surface area contributed by atoms with Crippen molar-refractivity contribution in [3.63, 3.8) is 0 Å². The van der Waals surface area contributed by atoms with E-state index in [2.05, 4.69) is 36.4 Å². The summed E-state index contributed by atoms with van der Waals surface area (Å²) in [5.74, 6) is -0.0361. The van der Waals surface area contributed by atoms with Crippen molar-refractivity contribution in [2.45, 2.75) is 0 Å². The number of hydrogen-bond acceptors (Lipinski definition) is 2. The quantitative estimate of drug-likeness (QED) is 0.213. The topological polar surface area (TPSA) is 34.1 Å². The van der Waals surface area contributed by atoms with Crippen LogP contribution in [0.3, 0.4) is 0 Å². The zero-order chi connectivity index (χ0) is 25.7. The molecule has 0 fully saturated rings. The van der Waals surface area contributed by atoms with Gasteiger partial charge in [0.15, 0.2) is 11.6 Å². The van der Waals surface area contributed by atoms with E-state index in [4.69, 9.17) is 23.2 Å². The van der Waals surface area contributed by atoms with Crippen LogP contribution in [0.25, 0.3) is 54.9 Å². The van der Waals surface area contributed by atoms with Crippen molar-refractivity contribution in [2.24, 2.45) is 0 Å². The van der Waals surface area contributed by atoms with Crippen LogP contribution in [0, 0.1) is 0 Å². The van der Waals surface area contributed by atoms with Gasteiger partial charge in [-0.25, -0.2) is 0 Å². The van der Waals surface area contributed by atoms with Crippen LogP contribution < -0.4 is 0 Å². The number of rotatable bonds is 1. The molecular weight excluding hydrogens is 511 g/mol. The molecular formula is C34H16Cl2O2. The predicted molar refractivity (Wildman–Crippen MR) is 155 cm³/mol. The van der Waals surface area contributed by atoms with E-state index < -0.39 is 0 Å². The third-order valence-corrected chi connectivity index (χ3v) is 8.36. The fraction of sp³-hybridized carbons (Fsp3) is 0. The second-order valence-electron chi connectivity index (χ2n) is 9.82. The highest BCUT2D eigenvalue weighted by Crippen LogP contribution is 2.47. The number of carbonyl (C=O) groups excluding carboxylic acids is 2. The number of ketones is 2. The van der Waals surface area contributed by atoms with Crippen LogP contribution >= 0.6 is 23.2 Å². The molecule has 0 amide bonds. The van der Waals surface area contributed by atoms with Gasteiger partial charge in [0.05, 0.1) is 0 Å². The standard InChI is InChI=1S/C34H16Cl2O2/c35-17-7-9-21-25-13-11-19(23-3-1-5-27(31(23)25)33(37)29(21)15-17)20-12-14-26-22-10-8-18(36)16-30(22)34(38)28-6-2-4-24(20)32(26)28/h1-16H. The molecule has 4 heteroatoms. The molecule has 6 aromatic carbocycles. The maximum atomic E-state index is 13.5. The van der Waals surface area contributed by atoms with Gasteiger partial charge in [0.2, 0.25) is 0 Å². The molecule has 0 saturated carbocycles. The van der Waals surface area contributed by atoms with Crippen LogP contribution in [0.4, 0.5) is 0 Å². The average Bonchev–Trinajstić information content (AvgIpc) is 2.94. The van der Waals surface area contributed by atoms with Crippen molar-refractivity contribution in [3.8, 4) is 33.4 Å². The van der Waals surface area contributed by atoms with Crippen molar-refractivity contribution in [2.75, 3.05) is 0 Å². The molecule has 178 valence electrons. The first-order chi connectivity index (χ1) is 18.5. The van der Waals surface area contributed by atoms with Crippen molar-refractivity contribution < 1.29 is 9.59 Å². The Morgan fingerprint density at radius 2 is 0.763 bits per heavy atom. The van der Waals surface area contributed by atoms with Crippen LogP contribution in [-0.2, 0) is 0 Å². The van der Waals surface area contributed by atoms with Gasteiger partial charge >= 0.3 is 0 Å². The van der Waals surface area contributed by atoms with Crippen molar-refractivity contribution in [3.05, 3.63) is 129 Å². The van der Waals surface area contributed by atoms with E-state index in [-0.39, 0.29) is 11.6 Å². The summed E-state index contributed by atoms with van der Waals surface area (Å²) in [4.78, 5) is 27.0. The summed E-state index contributed by atoms with van der Waals surface area (Å²) in [5, 5.41) is 4.99. The Morgan fingerprint density at radius 3 is 1.21 bits per heavy atom. The second kappa shape index (κ2) is 7.64. The van der Waals surface area contributed by atoms with Gasteiger partial charge in [0, 0.05) is 43.1 Å². The minimum Gasteiger partial charge on any atom is -0.289 e. The molecule has 0 aliphatic heterocycles. The normalized spacial score (nSPS) is 13.1. The van der Waals surface area contributed by atoms with Gasteiger partial charge in [-0.05, 0) is 68.4 Å². The third-order valence-electron chi connectivity index (χ3n) is 7.89. The Morgan fingerprint density at radius 1 is 0.368 bits per heavy atom. The molecule has 0 bridgehead atoms. The molecule has 38 heavy (non-hydrogen) atoms. The Balaban J connectivity index is 1.44. The van der Waals surface area contributed by atoms with Gasteiger partial charge < -0.3 is 0 Å². The van der Waals surface area contributed by atoms with Gasteiger partial charge in [-0.1, -0.05) is 96.0 Å². The molecule has 0 N–H and O–H groups in total. The summed E-state index contributed by atoms with van der Waals surface area (Å²) < 4.78 is 0. The van der Waals surface area contributed by atoms with Gasteiger partial charge in [-0.3, -0.25) is 9.59 Å². The Bertz CT molecular complexity index is 1940. The predicted octanol–water partition coefficient (Wildman–Crippen LogP) is 9.39. The van der Waals surface area contributed by atoms with Crippen LogP contribution in [-0.4, -0.2) is 11.6 Å². The highest BCUT2D eigenvalue weighted by molar-refractivity contribution is 6.34. The van der Waals surface area contributed by atoms with Gasteiger partial charge in [-0.15, -0.1) is 0 Å². The van der Waals surface area contributed by atoms with Crippen molar-refractivity contribution >= 4 is 56.3 Å². The van der Waals surface area contributed by atoms with E-state index in [1.807, 2.05) is 48.5 Å². The van der Waals surface area contributed by atoms with Crippen LogP contribution in [0.15, 0.2) is 97.1 Å². The molecule has 0 heterocycles. The second-order valence-corrected chi connectivity index (χ2v) is 10.7. The molecule has 0 radical (unpaired) electrons. The van der Waals surface area contributed by atoms with Gasteiger partial charge in [0.1, 0.15) is 0 Å². The average molecular weight is 527 g/mol. The Labute approximate surface area is 228 Å². The summed E-state index contributed by atoms with van der Waals surface area (Å²) >= 11 is 12.5. The van der Waals surface area contributed by atoms with E-state index in [9.17, 15) is 9.59 Å². The molecule has 0 saturated heterocycles. The van der Waals surface area contributed by atoms with E-state index in [0.717, 1.165) is 54.9 Å². The fourth-order valence-corrected chi connectivity index (χ4v) is 6.62. The maximum absolute atomic E-state index is 13.5. The Kier molecular flexibility index (Phi) is 4.39. The van der Waals surface area contributed by atoms with Crippen molar-refractivity contribution in [1.29, 1.82) is 0 Å². The number of benzene rings is 6. The first kappa shape index (κ1) is 21.8. The smallest absolute Gasteiger partial charge is 0.194 e. The van der Waals surface area contributed by atoms with E-state index in [1.54, 1.807) is 12.1 Å². The maximum Gasteiger partial charge on any atom is 0.194 e. The summed E-state index contributed by atoms with van der Waals surface area (Å²) in [7, 11) is 0. The minimum atomic E-state index is -0.0180. The molecule has 0 atom stereocenters. The molecule has 0 spiro atoms. The van der Waals surface area contributed by atoms with Crippen LogP contribution in [0.2, 0.25) is 10.0 Å². The molecule has 8 rings (SSSR count). The summed E-state index contributed by atoms with van der Waals surface area (Å²) in [6.45, 7) is 0. The molecule has 2 aliphatic carbocycles. The largest absolute Gasteiger partial charge is 0.289 e. The molecule has 0 aromatic heterocycles. The first-order valence-electron chi connectivity index (χ1n) is 12.3. The lowest BCUT2D eigenvalue weighted by atomic mass is 9.78. The summed E-state index contributed by atoms with van der Waals surface area (Å²) in [5.41, 5.74) is 8.50. The summed E-state index contributed by atoms with van der Waals surface area (Å²) in [6, 6.07) is 31.3. The van der Waals surface area contributed by atoms with E-state index in [1.165, 1.54) is 0 Å². The van der Waals surface area contributed by atoms with Crippen molar-refractivity contribution in [1.82, 2.24) is 0 Å². The van der Waals surface area contributed by atoms with Gasteiger partial charge in [-0.2, -0.15) is 0 Å². The zero-order valence-corrected chi connectivity index (χ0v) is 21.3. The highest BCUT2D eigenvalue weighted by atomic mass is 35.5. The van der Waals surface area contributed by atoms with Gasteiger partial charge in [0.25, 0.3) is 0 Å². The van der Waals surface area contributed by atoms with E-state index >= 15 is 0 Å². The molecule has 0 unspecified atom stereocenters. The fourth-order valence-electron chi connectivity index (χ4n) is 6.28. The summed E-state index contributed by atoms with van der Waals surface area (Å²) in [6.07, 6.45) is 0. The molecule has 6 aromatic rings. The molecule has 2 nitrogen and oxygen atoms in total. The number of hydrogen-bond donors (Lipinski definition) is 0. The third kappa shape index (κ3) is 2.79. The molecule has 2 aliphatic rings. The van der Waals surface area contributed by atoms with Crippen LogP contribution in [0.1, 0.15) is 31.8 Å². The first-order valence-corrected chi connectivity index (χ1v) is 13.1. The SMILES string of the molecule is O=C1c2cc(Cl)ccc2-c2ccc(-c3ccc4c5c(cccc35)C(=O)c3cc(Cl)ccc3-4)c3cccc1c23. The lowest BCUT2D eigenvalue weighted by Gasteiger charge is -2.24. The Hall–Kier alpha value is -4.24. The van der Waals surface area contributed by atoms with E-state index in [0.29, 0.717) is 32.3 Å².